The molecule has 172 valence electrons. The predicted molar refractivity (Wildman–Crippen MR) is 133 cm³/mol. The van der Waals surface area contributed by atoms with Crippen LogP contribution >= 0.6 is 34.5 Å². The van der Waals surface area contributed by atoms with E-state index in [0.717, 1.165) is 42.0 Å². The Hall–Kier alpha value is -2.28. The van der Waals surface area contributed by atoms with E-state index in [-0.39, 0.29) is 16.7 Å². The van der Waals surface area contributed by atoms with Gasteiger partial charge < -0.3 is 9.64 Å². The molecule has 0 spiro atoms. The number of hydrogen-bond acceptors (Lipinski definition) is 6. The summed E-state index contributed by atoms with van der Waals surface area (Å²) in [6, 6.07) is 15.8. The zero-order valence-electron chi connectivity index (χ0n) is 17.7. The van der Waals surface area contributed by atoms with Crippen molar-refractivity contribution < 1.29 is 13.2 Å². The molecule has 1 unspecified atom stereocenters. The Morgan fingerprint density at radius 3 is 2.73 bits per heavy atom. The Morgan fingerprint density at radius 2 is 2.00 bits per heavy atom. The molecule has 1 aliphatic heterocycles. The SMILES string of the molecule is CN1CCC(Oc2cc(NS(=O)(=O)c3cc(-c4ccccc4CC#N)c(Cl)s3)ccc2Cl)C1. The van der Waals surface area contributed by atoms with Crippen molar-refractivity contribution in [3.63, 3.8) is 0 Å². The molecule has 1 saturated heterocycles. The van der Waals surface area contributed by atoms with Crippen LogP contribution < -0.4 is 9.46 Å². The molecule has 1 aromatic heterocycles. The molecule has 6 nitrogen and oxygen atoms in total. The van der Waals surface area contributed by atoms with E-state index in [4.69, 9.17) is 33.2 Å². The summed E-state index contributed by atoms with van der Waals surface area (Å²) in [6.07, 6.45) is 1.09. The summed E-state index contributed by atoms with van der Waals surface area (Å²) in [5, 5.41) is 9.51. The highest BCUT2D eigenvalue weighted by Crippen LogP contribution is 2.40. The number of sulfonamides is 1. The van der Waals surface area contributed by atoms with Crippen LogP contribution in [-0.2, 0) is 16.4 Å². The Bertz CT molecular complexity index is 1320. The molecular formula is C23H21Cl2N3O3S2. The van der Waals surface area contributed by atoms with Gasteiger partial charge in [0.05, 0.1) is 23.2 Å². The van der Waals surface area contributed by atoms with Crippen molar-refractivity contribution in [2.75, 3.05) is 24.9 Å². The number of halogens is 2. The standard InChI is InChI=1S/C23H21Cl2N3O3S2/c1-28-11-9-17(14-28)31-21-12-16(6-7-20(21)24)27-33(29,30)22-13-19(23(25)32-22)18-5-3-2-4-15(18)8-10-26/h2-7,12-13,17,27H,8-9,11,14H2,1H3. The molecule has 0 saturated carbocycles. The van der Waals surface area contributed by atoms with Gasteiger partial charge in [0.1, 0.15) is 20.4 Å². The van der Waals surface area contributed by atoms with Crippen LogP contribution in [0.3, 0.4) is 0 Å². The van der Waals surface area contributed by atoms with E-state index in [1.54, 1.807) is 18.2 Å². The first kappa shape index (κ1) is 23.9. The van der Waals surface area contributed by atoms with Crippen molar-refractivity contribution in [1.29, 1.82) is 5.26 Å². The molecule has 2 heterocycles. The van der Waals surface area contributed by atoms with Gasteiger partial charge >= 0.3 is 0 Å². The van der Waals surface area contributed by atoms with Crippen molar-refractivity contribution in [3.05, 3.63) is 63.5 Å². The lowest BCUT2D eigenvalue weighted by Gasteiger charge is -2.16. The highest BCUT2D eigenvalue weighted by atomic mass is 35.5. The Kier molecular flexibility index (Phi) is 7.17. The van der Waals surface area contributed by atoms with E-state index >= 15 is 0 Å². The maximum Gasteiger partial charge on any atom is 0.271 e. The monoisotopic (exact) mass is 521 g/mol. The predicted octanol–water partition coefficient (Wildman–Crippen LogP) is 5.67. The third-order valence-corrected chi connectivity index (χ3v) is 8.86. The number of rotatable bonds is 7. The van der Waals surface area contributed by atoms with Gasteiger partial charge in [0, 0.05) is 24.7 Å². The Morgan fingerprint density at radius 1 is 1.21 bits per heavy atom. The summed E-state index contributed by atoms with van der Waals surface area (Å²) in [6.45, 7) is 1.73. The van der Waals surface area contributed by atoms with E-state index in [9.17, 15) is 8.42 Å². The number of nitrogens with one attached hydrogen (secondary N) is 1. The van der Waals surface area contributed by atoms with Gasteiger partial charge in [-0.1, -0.05) is 47.5 Å². The second-order valence-electron chi connectivity index (χ2n) is 7.79. The molecule has 0 bridgehead atoms. The number of benzene rings is 2. The minimum atomic E-state index is -3.90. The number of nitriles is 1. The molecule has 1 atom stereocenters. The van der Waals surface area contributed by atoms with Gasteiger partial charge in [-0.2, -0.15) is 5.26 Å². The second kappa shape index (κ2) is 9.92. The van der Waals surface area contributed by atoms with Crippen molar-refractivity contribution in [1.82, 2.24) is 4.90 Å². The first-order chi connectivity index (χ1) is 15.8. The topological polar surface area (TPSA) is 82.4 Å². The van der Waals surface area contributed by atoms with Crippen LogP contribution in [0.1, 0.15) is 12.0 Å². The average Bonchev–Trinajstić information content (AvgIpc) is 3.37. The van der Waals surface area contributed by atoms with E-state index in [2.05, 4.69) is 15.7 Å². The van der Waals surface area contributed by atoms with E-state index in [1.165, 1.54) is 6.07 Å². The molecule has 1 aliphatic rings. The minimum absolute atomic E-state index is 0.00602. The van der Waals surface area contributed by atoms with Gasteiger partial charge in [-0.25, -0.2) is 8.42 Å². The fourth-order valence-corrected chi connectivity index (χ4v) is 6.68. The van der Waals surface area contributed by atoms with Crippen molar-refractivity contribution in [2.24, 2.45) is 0 Å². The van der Waals surface area contributed by atoms with Crippen LogP contribution in [-0.4, -0.2) is 39.6 Å². The van der Waals surface area contributed by atoms with Crippen LogP contribution in [0, 0.1) is 11.3 Å². The van der Waals surface area contributed by atoms with Gasteiger partial charge in [0.2, 0.25) is 0 Å². The van der Waals surface area contributed by atoms with Gasteiger partial charge in [0.25, 0.3) is 10.0 Å². The van der Waals surface area contributed by atoms with Crippen molar-refractivity contribution in [3.8, 4) is 22.9 Å². The molecule has 0 aliphatic carbocycles. The van der Waals surface area contributed by atoms with Gasteiger partial charge in [-0.3, -0.25) is 4.72 Å². The van der Waals surface area contributed by atoms with E-state index in [0.29, 0.717) is 26.4 Å². The van der Waals surface area contributed by atoms with Crippen molar-refractivity contribution >= 4 is 50.2 Å². The Labute approximate surface area is 207 Å². The molecule has 4 rings (SSSR count). The summed E-state index contributed by atoms with van der Waals surface area (Å²) in [5.41, 5.74) is 2.45. The third kappa shape index (κ3) is 5.45. The molecule has 33 heavy (non-hydrogen) atoms. The molecular weight excluding hydrogens is 501 g/mol. The summed E-state index contributed by atoms with van der Waals surface area (Å²) in [5.74, 6) is 0.437. The zero-order chi connectivity index (χ0) is 23.6. The van der Waals surface area contributed by atoms with Crippen LogP contribution in [0.5, 0.6) is 5.75 Å². The third-order valence-electron chi connectivity index (χ3n) is 5.33. The number of ether oxygens (including phenoxy) is 1. The lowest BCUT2D eigenvalue weighted by atomic mass is 10.0. The molecule has 3 aromatic rings. The highest BCUT2D eigenvalue weighted by Gasteiger charge is 2.24. The van der Waals surface area contributed by atoms with Gasteiger partial charge in [-0.05, 0) is 42.8 Å². The largest absolute Gasteiger partial charge is 0.487 e. The number of anilines is 1. The summed E-state index contributed by atoms with van der Waals surface area (Å²) in [7, 11) is -1.88. The quantitative estimate of drug-likeness (QED) is 0.432. The minimum Gasteiger partial charge on any atom is -0.487 e. The Balaban J connectivity index is 1.59. The molecule has 1 fully saturated rings. The number of hydrogen-bond donors (Lipinski definition) is 1. The number of likely N-dealkylation sites (N-methyl/N-ethyl adjacent to an activating group) is 1. The molecule has 1 N–H and O–H groups in total. The molecule has 0 amide bonds. The summed E-state index contributed by atoms with van der Waals surface area (Å²) in [4.78, 5) is 2.16. The first-order valence-corrected chi connectivity index (χ1v) is 13.2. The van der Waals surface area contributed by atoms with Crippen LogP contribution in [0.4, 0.5) is 5.69 Å². The lowest BCUT2D eigenvalue weighted by Crippen LogP contribution is -2.21. The zero-order valence-corrected chi connectivity index (χ0v) is 20.9. The van der Waals surface area contributed by atoms with Crippen LogP contribution in [0.2, 0.25) is 9.36 Å². The van der Waals surface area contributed by atoms with Crippen LogP contribution in [0.15, 0.2) is 52.7 Å². The maximum atomic E-state index is 13.1. The van der Waals surface area contributed by atoms with Gasteiger partial charge in [0.15, 0.2) is 0 Å². The fourth-order valence-electron chi connectivity index (χ4n) is 3.72. The highest BCUT2D eigenvalue weighted by molar-refractivity contribution is 7.94. The first-order valence-electron chi connectivity index (χ1n) is 10.2. The smallest absolute Gasteiger partial charge is 0.271 e. The summed E-state index contributed by atoms with van der Waals surface area (Å²) >= 11 is 13.7. The molecule has 10 heteroatoms. The fraction of sp³-hybridized carbons (Fsp3) is 0.261. The normalized spacial score (nSPS) is 16.5. The molecule has 0 radical (unpaired) electrons. The summed E-state index contributed by atoms with van der Waals surface area (Å²) < 4.78 is 35.2. The lowest BCUT2D eigenvalue weighted by molar-refractivity contribution is 0.208. The second-order valence-corrected chi connectivity index (χ2v) is 11.8. The van der Waals surface area contributed by atoms with Gasteiger partial charge in [-0.15, -0.1) is 11.3 Å². The molecule has 2 aromatic carbocycles. The van der Waals surface area contributed by atoms with E-state index in [1.807, 2.05) is 31.3 Å². The maximum absolute atomic E-state index is 13.1. The van der Waals surface area contributed by atoms with Crippen molar-refractivity contribution in [2.45, 2.75) is 23.2 Å². The number of nitrogens with zero attached hydrogens (tertiary/aromatic N) is 2. The number of thiophene rings is 1. The average molecular weight is 522 g/mol. The number of likely N-dealkylation sites (tertiary alicyclic amines) is 1. The van der Waals surface area contributed by atoms with Crippen LogP contribution in [0.25, 0.3) is 11.1 Å². The van der Waals surface area contributed by atoms with E-state index < -0.39 is 10.0 Å².